The molecule has 5 heteroatoms. The summed E-state index contributed by atoms with van der Waals surface area (Å²) < 4.78 is 0. The van der Waals surface area contributed by atoms with Gasteiger partial charge in [0.05, 0.1) is 5.56 Å². The minimum Gasteiger partial charge on any atom is -0.478 e. The number of rotatable bonds is 3. The summed E-state index contributed by atoms with van der Waals surface area (Å²) in [4.78, 5) is 23.1. The third-order valence-electron chi connectivity index (χ3n) is 2.79. The first kappa shape index (κ1) is 14.1. The molecule has 0 heterocycles. The number of hydrogen-bond acceptors (Lipinski definition) is 2. The second-order valence-electron chi connectivity index (χ2n) is 4.30. The van der Waals surface area contributed by atoms with Gasteiger partial charge in [-0.1, -0.05) is 29.8 Å². The fraction of sp³-hybridized carbons (Fsp3) is 0.0667. The summed E-state index contributed by atoms with van der Waals surface area (Å²) in [7, 11) is 0. The van der Waals surface area contributed by atoms with Gasteiger partial charge in [0.15, 0.2) is 0 Å². The highest BCUT2D eigenvalue weighted by molar-refractivity contribution is 6.31. The zero-order valence-electron chi connectivity index (χ0n) is 10.7. The Bertz CT molecular complexity index is 683. The normalized spacial score (nSPS) is 10.1. The molecule has 0 radical (unpaired) electrons. The number of amides is 1. The van der Waals surface area contributed by atoms with Gasteiger partial charge in [0.25, 0.3) is 5.91 Å². The van der Waals surface area contributed by atoms with Gasteiger partial charge in [-0.25, -0.2) is 4.79 Å². The molecule has 0 aliphatic carbocycles. The maximum absolute atomic E-state index is 12.1. The summed E-state index contributed by atoms with van der Waals surface area (Å²) in [5, 5.41) is 11.9. The lowest BCUT2D eigenvalue weighted by molar-refractivity contribution is 0.0696. The highest BCUT2D eigenvalue weighted by atomic mass is 35.5. The number of anilines is 1. The molecule has 0 aliphatic heterocycles. The Morgan fingerprint density at radius 3 is 2.50 bits per heavy atom. The van der Waals surface area contributed by atoms with Gasteiger partial charge >= 0.3 is 5.97 Å². The number of carboxylic acid groups (broad SMARTS) is 1. The summed E-state index contributed by atoms with van der Waals surface area (Å²) in [5.74, 6) is -1.40. The minimum atomic E-state index is -1.10. The van der Waals surface area contributed by atoms with E-state index >= 15 is 0 Å². The lowest BCUT2D eigenvalue weighted by Gasteiger charge is -2.08. The van der Waals surface area contributed by atoms with Gasteiger partial charge in [0.1, 0.15) is 0 Å². The average Bonchev–Trinajstić information content (AvgIpc) is 2.38. The molecule has 102 valence electrons. The summed E-state index contributed by atoms with van der Waals surface area (Å²) in [6.07, 6.45) is 0. The smallest absolute Gasteiger partial charge is 0.335 e. The van der Waals surface area contributed by atoms with E-state index in [0.29, 0.717) is 11.3 Å². The molecule has 0 saturated heterocycles. The summed E-state index contributed by atoms with van der Waals surface area (Å²) in [6, 6.07) is 11.3. The zero-order valence-corrected chi connectivity index (χ0v) is 11.4. The molecule has 2 aromatic carbocycles. The molecule has 0 atom stereocenters. The topological polar surface area (TPSA) is 66.4 Å². The first-order valence-electron chi connectivity index (χ1n) is 5.88. The standard InChI is InChI=1S/C15H12ClNO3/c1-9-4-2-3-5-13(9)14(18)17-12-7-10(15(19)20)6-11(16)8-12/h2-8H,1H3,(H,17,18)(H,19,20). The molecule has 0 fully saturated rings. The number of carboxylic acids is 1. The van der Waals surface area contributed by atoms with Crippen LogP contribution < -0.4 is 5.32 Å². The van der Waals surface area contributed by atoms with Crippen LogP contribution in [-0.4, -0.2) is 17.0 Å². The van der Waals surface area contributed by atoms with Crippen molar-refractivity contribution in [3.8, 4) is 0 Å². The predicted molar refractivity (Wildman–Crippen MR) is 77.5 cm³/mol. The molecule has 0 unspecified atom stereocenters. The largest absolute Gasteiger partial charge is 0.478 e. The maximum atomic E-state index is 12.1. The maximum Gasteiger partial charge on any atom is 0.335 e. The number of aromatic carboxylic acids is 1. The van der Waals surface area contributed by atoms with Crippen molar-refractivity contribution in [1.82, 2.24) is 0 Å². The molecule has 0 bridgehead atoms. The van der Waals surface area contributed by atoms with Crippen molar-refractivity contribution in [3.05, 3.63) is 64.2 Å². The average molecular weight is 290 g/mol. The van der Waals surface area contributed by atoms with Crippen LogP contribution in [0.5, 0.6) is 0 Å². The van der Waals surface area contributed by atoms with E-state index in [1.165, 1.54) is 18.2 Å². The third kappa shape index (κ3) is 3.16. The number of nitrogens with one attached hydrogen (secondary N) is 1. The van der Waals surface area contributed by atoms with Crippen molar-refractivity contribution >= 4 is 29.2 Å². The predicted octanol–water partition coefficient (Wildman–Crippen LogP) is 3.60. The highest BCUT2D eigenvalue weighted by Gasteiger charge is 2.11. The fourth-order valence-corrected chi connectivity index (χ4v) is 2.05. The first-order valence-corrected chi connectivity index (χ1v) is 6.26. The van der Waals surface area contributed by atoms with Crippen LogP contribution in [0.3, 0.4) is 0 Å². The number of carbonyl (C=O) groups excluding carboxylic acids is 1. The van der Waals surface area contributed by atoms with Gasteiger partial charge in [-0.2, -0.15) is 0 Å². The number of aryl methyl sites for hydroxylation is 1. The first-order chi connectivity index (χ1) is 9.47. The van der Waals surface area contributed by atoms with Crippen LogP contribution in [0.2, 0.25) is 5.02 Å². The molecular weight excluding hydrogens is 278 g/mol. The molecule has 0 saturated carbocycles. The summed E-state index contributed by atoms with van der Waals surface area (Å²) in [6.45, 7) is 1.83. The molecular formula is C15H12ClNO3. The fourth-order valence-electron chi connectivity index (χ4n) is 1.81. The Hall–Kier alpha value is -2.33. The Kier molecular flexibility index (Phi) is 4.05. The van der Waals surface area contributed by atoms with E-state index in [1.807, 2.05) is 19.1 Å². The molecule has 2 rings (SSSR count). The van der Waals surface area contributed by atoms with Crippen LogP contribution in [0.25, 0.3) is 0 Å². The van der Waals surface area contributed by atoms with E-state index in [1.54, 1.807) is 12.1 Å². The molecule has 4 nitrogen and oxygen atoms in total. The second-order valence-corrected chi connectivity index (χ2v) is 4.74. The second kappa shape index (κ2) is 5.75. The van der Waals surface area contributed by atoms with Crippen LogP contribution in [0, 0.1) is 6.92 Å². The number of carbonyl (C=O) groups is 2. The molecule has 0 aliphatic rings. The van der Waals surface area contributed by atoms with E-state index in [4.69, 9.17) is 16.7 Å². The van der Waals surface area contributed by atoms with E-state index in [-0.39, 0.29) is 16.5 Å². The number of hydrogen-bond donors (Lipinski definition) is 2. The lowest BCUT2D eigenvalue weighted by atomic mass is 10.1. The third-order valence-corrected chi connectivity index (χ3v) is 3.01. The molecule has 0 aromatic heterocycles. The monoisotopic (exact) mass is 289 g/mol. The Labute approximate surface area is 121 Å². The quantitative estimate of drug-likeness (QED) is 0.907. The van der Waals surface area contributed by atoms with Gasteiger partial charge < -0.3 is 10.4 Å². The van der Waals surface area contributed by atoms with Crippen LogP contribution >= 0.6 is 11.6 Å². The number of benzene rings is 2. The van der Waals surface area contributed by atoms with E-state index in [0.717, 1.165) is 5.56 Å². The lowest BCUT2D eigenvalue weighted by Crippen LogP contribution is -2.13. The minimum absolute atomic E-state index is 0.0255. The Balaban J connectivity index is 2.28. The summed E-state index contributed by atoms with van der Waals surface area (Å²) >= 11 is 5.84. The molecule has 20 heavy (non-hydrogen) atoms. The molecule has 1 amide bonds. The molecule has 2 aromatic rings. The summed E-state index contributed by atoms with van der Waals surface area (Å²) in [5.41, 5.74) is 1.75. The molecule has 2 N–H and O–H groups in total. The van der Waals surface area contributed by atoms with Crippen LogP contribution in [0.4, 0.5) is 5.69 Å². The van der Waals surface area contributed by atoms with Crippen molar-refractivity contribution < 1.29 is 14.7 Å². The number of halogens is 1. The zero-order chi connectivity index (χ0) is 14.7. The van der Waals surface area contributed by atoms with Crippen LogP contribution in [0.15, 0.2) is 42.5 Å². The van der Waals surface area contributed by atoms with E-state index in [2.05, 4.69) is 5.32 Å². The highest BCUT2D eigenvalue weighted by Crippen LogP contribution is 2.20. The van der Waals surface area contributed by atoms with Crippen molar-refractivity contribution in [1.29, 1.82) is 0 Å². The van der Waals surface area contributed by atoms with Crippen LogP contribution in [-0.2, 0) is 0 Å². The van der Waals surface area contributed by atoms with Crippen molar-refractivity contribution in [2.45, 2.75) is 6.92 Å². The van der Waals surface area contributed by atoms with Crippen LogP contribution in [0.1, 0.15) is 26.3 Å². The van der Waals surface area contributed by atoms with E-state index < -0.39 is 5.97 Å². The van der Waals surface area contributed by atoms with E-state index in [9.17, 15) is 9.59 Å². The Morgan fingerprint density at radius 2 is 1.85 bits per heavy atom. The molecule has 0 spiro atoms. The van der Waals surface area contributed by atoms with Crippen molar-refractivity contribution in [3.63, 3.8) is 0 Å². The van der Waals surface area contributed by atoms with Gasteiger partial charge in [0, 0.05) is 16.3 Å². The van der Waals surface area contributed by atoms with Crippen molar-refractivity contribution in [2.75, 3.05) is 5.32 Å². The Morgan fingerprint density at radius 1 is 1.15 bits per heavy atom. The van der Waals surface area contributed by atoms with Gasteiger partial charge in [0.2, 0.25) is 0 Å². The van der Waals surface area contributed by atoms with Gasteiger partial charge in [-0.15, -0.1) is 0 Å². The van der Waals surface area contributed by atoms with Gasteiger partial charge in [-0.05, 0) is 36.8 Å². The SMILES string of the molecule is Cc1ccccc1C(=O)Nc1cc(Cl)cc(C(=O)O)c1. The van der Waals surface area contributed by atoms with Crippen molar-refractivity contribution in [2.24, 2.45) is 0 Å². The van der Waals surface area contributed by atoms with Gasteiger partial charge in [-0.3, -0.25) is 4.79 Å².